The molecule has 1 amide bonds. The maximum atomic E-state index is 12.3. The van der Waals surface area contributed by atoms with Crippen molar-refractivity contribution in [2.45, 2.75) is 6.92 Å². The van der Waals surface area contributed by atoms with Crippen molar-refractivity contribution in [1.29, 1.82) is 0 Å². The molecule has 1 aromatic heterocycles. The summed E-state index contributed by atoms with van der Waals surface area (Å²) in [6.45, 7) is 4.82. The highest BCUT2D eigenvalue weighted by Crippen LogP contribution is 2.26. The number of anilines is 2. The predicted octanol–water partition coefficient (Wildman–Crippen LogP) is 2.07. The summed E-state index contributed by atoms with van der Waals surface area (Å²) in [5.74, 6) is -0.262. The van der Waals surface area contributed by atoms with E-state index < -0.39 is 0 Å². The zero-order valence-electron chi connectivity index (χ0n) is 11.8. The number of morpholine rings is 1. The van der Waals surface area contributed by atoms with Crippen LogP contribution in [-0.4, -0.2) is 37.4 Å². The summed E-state index contributed by atoms with van der Waals surface area (Å²) in [6.07, 6.45) is 1.46. The first kappa shape index (κ1) is 13.6. The summed E-state index contributed by atoms with van der Waals surface area (Å²) < 4.78 is 10.2. The van der Waals surface area contributed by atoms with E-state index in [9.17, 15) is 4.79 Å². The van der Waals surface area contributed by atoms with Crippen LogP contribution in [0.5, 0.6) is 0 Å². The van der Waals surface area contributed by atoms with Crippen molar-refractivity contribution in [2.75, 3.05) is 36.5 Å². The lowest BCUT2D eigenvalue weighted by Gasteiger charge is -2.30. The van der Waals surface area contributed by atoms with E-state index in [-0.39, 0.29) is 5.91 Å². The molecule has 0 radical (unpaired) electrons. The van der Waals surface area contributed by atoms with Gasteiger partial charge in [-0.15, -0.1) is 0 Å². The van der Waals surface area contributed by atoms with Gasteiger partial charge in [-0.3, -0.25) is 4.79 Å². The first-order chi connectivity index (χ1) is 10.3. The van der Waals surface area contributed by atoms with E-state index in [1.807, 2.05) is 24.3 Å². The Morgan fingerprint density at radius 3 is 2.76 bits per heavy atom. The van der Waals surface area contributed by atoms with Crippen molar-refractivity contribution in [3.05, 3.63) is 41.8 Å². The van der Waals surface area contributed by atoms with Crippen LogP contribution in [0.3, 0.4) is 0 Å². The van der Waals surface area contributed by atoms with Gasteiger partial charge in [0.1, 0.15) is 6.26 Å². The Kier molecular flexibility index (Phi) is 3.87. The first-order valence-electron chi connectivity index (χ1n) is 6.90. The number of aromatic nitrogens is 1. The smallest absolute Gasteiger partial charge is 0.278 e. The minimum absolute atomic E-state index is 0.262. The molecule has 0 bridgehead atoms. The fourth-order valence-corrected chi connectivity index (χ4v) is 2.35. The third-order valence-corrected chi connectivity index (χ3v) is 3.47. The molecule has 0 aliphatic carbocycles. The van der Waals surface area contributed by atoms with Crippen LogP contribution in [0.1, 0.15) is 16.1 Å². The number of rotatable bonds is 3. The highest BCUT2D eigenvalue weighted by atomic mass is 16.5. The van der Waals surface area contributed by atoms with Crippen LogP contribution >= 0.6 is 0 Å². The van der Waals surface area contributed by atoms with E-state index in [1.54, 1.807) is 6.92 Å². The van der Waals surface area contributed by atoms with Gasteiger partial charge in [0.25, 0.3) is 5.91 Å². The number of hydrogen-bond donors (Lipinski definition) is 1. The molecule has 2 aromatic rings. The zero-order chi connectivity index (χ0) is 14.7. The number of carbonyl (C=O) groups excluding carboxylic acids is 1. The minimum atomic E-state index is -0.262. The Balaban J connectivity index is 1.82. The Labute approximate surface area is 122 Å². The molecular weight excluding hydrogens is 270 g/mol. The Bertz CT molecular complexity index is 633. The van der Waals surface area contributed by atoms with Crippen LogP contribution in [0.4, 0.5) is 11.4 Å². The van der Waals surface area contributed by atoms with Crippen molar-refractivity contribution in [3.63, 3.8) is 0 Å². The standard InChI is InChI=1S/C15H17N3O3/c1-11-10-21-17-14(11)15(19)16-12-4-2-3-5-13(12)18-6-8-20-9-7-18/h2-5,10H,6-9H2,1H3,(H,16,19). The largest absolute Gasteiger partial charge is 0.378 e. The lowest BCUT2D eigenvalue weighted by Crippen LogP contribution is -2.36. The van der Waals surface area contributed by atoms with Crippen molar-refractivity contribution in [3.8, 4) is 0 Å². The van der Waals surface area contributed by atoms with E-state index in [4.69, 9.17) is 9.26 Å². The van der Waals surface area contributed by atoms with Crippen LogP contribution < -0.4 is 10.2 Å². The van der Waals surface area contributed by atoms with Gasteiger partial charge in [0.2, 0.25) is 0 Å². The molecule has 6 heteroatoms. The number of amides is 1. The van der Waals surface area contributed by atoms with Gasteiger partial charge in [0.05, 0.1) is 24.6 Å². The summed E-state index contributed by atoms with van der Waals surface area (Å²) in [5.41, 5.74) is 2.80. The van der Waals surface area contributed by atoms with Gasteiger partial charge in [-0.25, -0.2) is 0 Å². The van der Waals surface area contributed by atoms with E-state index in [0.29, 0.717) is 18.9 Å². The molecule has 1 fully saturated rings. The van der Waals surface area contributed by atoms with Gasteiger partial charge in [0.15, 0.2) is 5.69 Å². The number of para-hydroxylation sites is 2. The fraction of sp³-hybridized carbons (Fsp3) is 0.333. The van der Waals surface area contributed by atoms with Crippen LogP contribution in [0.2, 0.25) is 0 Å². The number of ether oxygens (including phenoxy) is 1. The molecule has 1 aromatic carbocycles. The van der Waals surface area contributed by atoms with Crippen molar-refractivity contribution in [1.82, 2.24) is 5.16 Å². The summed E-state index contributed by atoms with van der Waals surface area (Å²) in [6, 6.07) is 7.74. The normalized spacial score (nSPS) is 15.0. The van der Waals surface area contributed by atoms with E-state index >= 15 is 0 Å². The number of benzene rings is 1. The Hall–Kier alpha value is -2.34. The van der Waals surface area contributed by atoms with E-state index in [2.05, 4.69) is 15.4 Å². The van der Waals surface area contributed by atoms with Gasteiger partial charge in [-0.2, -0.15) is 0 Å². The highest BCUT2D eigenvalue weighted by molar-refractivity contribution is 6.05. The summed E-state index contributed by atoms with van der Waals surface area (Å²) in [4.78, 5) is 14.5. The second-order valence-corrected chi connectivity index (χ2v) is 4.92. The van der Waals surface area contributed by atoms with Crippen molar-refractivity contribution >= 4 is 17.3 Å². The molecule has 0 atom stereocenters. The van der Waals surface area contributed by atoms with Crippen LogP contribution in [-0.2, 0) is 4.74 Å². The Morgan fingerprint density at radius 2 is 2.05 bits per heavy atom. The molecule has 1 aliphatic heterocycles. The van der Waals surface area contributed by atoms with Crippen LogP contribution in [0, 0.1) is 6.92 Å². The number of hydrogen-bond acceptors (Lipinski definition) is 5. The zero-order valence-corrected chi connectivity index (χ0v) is 11.8. The lowest BCUT2D eigenvalue weighted by molar-refractivity contribution is 0.101. The Morgan fingerprint density at radius 1 is 1.29 bits per heavy atom. The molecule has 1 aliphatic rings. The molecule has 1 N–H and O–H groups in total. The maximum Gasteiger partial charge on any atom is 0.278 e. The number of nitrogens with zero attached hydrogens (tertiary/aromatic N) is 2. The SMILES string of the molecule is Cc1conc1C(=O)Nc1ccccc1N1CCOCC1. The van der Waals surface area contributed by atoms with Gasteiger partial charge < -0.3 is 19.5 Å². The lowest BCUT2D eigenvalue weighted by atomic mass is 10.2. The maximum absolute atomic E-state index is 12.3. The fourth-order valence-electron chi connectivity index (χ4n) is 2.35. The van der Waals surface area contributed by atoms with Gasteiger partial charge in [0, 0.05) is 18.7 Å². The average Bonchev–Trinajstić information content (AvgIpc) is 2.95. The van der Waals surface area contributed by atoms with Gasteiger partial charge >= 0.3 is 0 Å². The predicted molar refractivity (Wildman–Crippen MR) is 78.7 cm³/mol. The molecule has 1 saturated heterocycles. The second-order valence-electron chi connectivity index (χ2n) is 4.92. The quantitative estimate of drug-likeness (QED) is 0.936. The highest BCUT2D eigenvalue weighted by Gasteiger charge is 2.18. The summed E-state index contributed by atoms with van der Waals surface area (Å²) in [7, 11) is 0. The molecule has 0 unspecified atom stereocenters. The molecule has 0 saturated carbocycles. The molecule has 3 rings (SSSR count). The minimum Gasteiger partial charge on any atom is -0.378 e. The second kappa shape index (κ2) is 5.97. The van der Waals surface area contributed by atoms with Gasteiger partial charge in [-0.05, 0) is 19.1 Å². The average molecular weight is 287 g/mol. The molecule has 110 valence electrons. The number of nitrogens with one attached hydrogen (secondary N) is 1. The van der Waals surface area contributed by atoms with Crippen LogP contribution in [0.15, 0.2) is 35.1 Å². The third kappa shape index (κ3) is 2.90. The molecule has 6 nitrogen and oxygen atoms in total. The van der Waals surface area contributed by atoms with E-state index in [0.717, 1.165) is 30.0 Å². The topological polar surface area (TPSA) is 67.6 Å². The number of carbonyl (C=O) groups is 1. The molecule has 2 heterocycles. The van der Waals surface area contributed by atoms with E-state index in [1.165, 1.54) is 6.26 Å². The molecule has 0 spiro atoms. The molecule has 21 heavy (non-hydrogen) atoms. The third-order valence-electron chi connectivity index (χ3n) is 3.47. The first-order valence-corrected chi connectivity index (χ1v) is 6.90. The number of aryl methyl sites for hydroxylation is 1. The van der Waals surface area contributed by atoms with Crippen molar-refractivity contribution in [2.24, 2.45) is 0 Å². The van der Waals surface area contributed by atoms with Crippen LogP contribution in [0.25, 0.3) is 0 Å². The summed E-state index contributed by atoms with van der Waals surface area (Å²) >= 11 is 0. The summed E-state index contributed by atoms with van der Waals surface area (Å²) in [5, 5.41) is 6.64. The van der Waals surface area contributed by atoms with Crippen molar-refractivity contribution < 1.29 is 14.1 Å². The van der Waals surface area contributed by atoms with Gasteiger partial charge in [-0.1, -0.05) is 17.3 Å². The monoisotopic (exact) mass is 287 g/mol. The molecular formula is C15H17N3O3.